The van der Waals surface area contributed by atoms with E-state index in [-0.39, 0.29) is 0 Å². The van der Waals surface area contributed by atoms with Crippen LogP contribution in [0.15, 0.2) is 36.4 Å². The highest BCUT2D eigenvalue weighted by molar-refractivity contribution is 5.66. The Morgan fingerprint density at radius 3 is 1.53 bits per heavy atom. The zero-order chi connectivity index (χ0) is 11.7. The molecular weight excluding hydrogens is 192 g/mol. The van der Waals surface area contributed by atoms with Crippen molar-refractivity contribution < 1.29 is 9.53 Å². The third kappa shape index (κ3) is 10.4. The fraction of sp³-hybridized carbons (Fsp3) is 0.364. The van der Waals surface area contributed by atoms with Gasteiger partial charge < -0.3 is 4.74 Å². The molecule has 0 spiro atoms. The average molecular weight is 210 g/mol. The lowest BCUT2D eigenvalue weighted by Crippen LogP contribution is -2.36. The molecule has 4 heteroatoms. The molecule has 0 atom stereocenters. The van der Waals surface area contributed by atoms with Gasteiger partial charge in [0.1, 0.15) is 5.60 Å². The van der Waals surface area contributed by atoms with Gasteiger partial charge in [0.25, 0.3) is 0 Å². The first kappa shape index (κ1) is 13.4. The number of ether oxygens (including phenoxy) is 1. The summed E-state index contributed by atoms with van der Waals surface area (Å²) in [5, 5.41) is 0. The van der Waals surface area contributed by atoms with Crippen molar-refractivity contribution in [2.24, 2.45) is 5.84 Å². The molecule has 84 valence electrons. The van der Waals surface area contributed by atoms with E-state index in [1.807, 2.05) is 41.8 Å². The molecule has 0 aromatic heterocycles. The number of hydrazine groups is 1. The van der Waals surface area contributed by atoms with Gasteiger partial charge in [-0.2, -0.15) is 0 Å². The van der Waals surface area contributed by atoms with Crippen LogP contribution in [0.25, 0.3) is 0 Å². The second-order valence-corrected chi connectivity index (χ2v) is 3.80. The summed E-state index contributed by atoms with van der Waals surface area (Å²) < 4.78 is 4.71. The highest BCUT2D eigenvalue weighted by atomic mass is 16.6. The fourth-order valence-electron chi connectivity index (χ4n) is 0.692. The molecule has 4 nitrogen and oxygen atoms in total. The van der Waals surface area contributed by atoms with E-state index in [1.165, 1.54) is 0 Å². The molecule has 0 aliphatic heterocycles. The molecular formula is C11H18N2O2. The summed E-state index contributed by atoms with van der Waals surface area (Å²) in [6.45, 7) is 5.30. The number of carbonyl (C=O) groups is 1. The number of rotatable bonds is 0. The van der Waals surface area contributed by atoms with E-state index in [9.17, 15) is 4.79 Å². The Kier molecular flexibility index (Phi) is 6.13. The highest BCUT2D eigenvalue weighted by Gasteiger charge is 2.14. The lowest BCUT2D eigenvalue weighted by molar-refractivity contribution is 0.0527. The largest absolute Gasteiger partial charge is 0.443 e. The topological polar surface area (TPSA) is 64.3 Å². The van der Waals surface area contributed by atoms with Gasteiger partial charge in [0.05, 0.1) is 0 Å². The highest BCUT2D eigenvalue weighted by Crippen LogP contribution is 2.05. The molecule has 0 saturated heterocycles. The zero-order valence-corrected chi connectivity index (χ0v) is 9.36. The Bertz CT molecular complexity index is 241. The molecule has 0 fully saturated rings. The van der Waals surface area contributed by atoms with Crippen LogP contribution in [0.4, 0.5) is 4.79 Å². The Morgan fingerprint density at radius 2 is 1.40 bits per heavy atom. The molecule has 0 unspecified atom stereocenters. The summed E-state index contributed by atoms with van der Waals surface area (Å²) >= 11 is 0. The first-order valence-electron chi connectivity index (χ1n) is 4.65. The fourth-order valence-corrected chi connectivity index (χ4v) is 0.692. The van der Waals surface area contributed by atoms with Gasteiger partial charge in [-0.3, -0.25) is 5.43 Å². The van der Waals surface area contributed by atoms with Gasteiger partial charge in [0, 0.05) is 0 Å². The van der Waals surface area contributed by atoms with E-state index < -0.39 is 11.7 Å². The number of hydrogen-bond acceptors (Lipinski definition) is 3. The number of nitrogens with two attached hydrogens (primary N) is 1. The first-order chi connectivity index (χ1) is 6.95. The monoisotopic (exact) mass is 210 g/mol. The number of hydrogen-bond donors (Lipinski definition) is 2. The Hall–Kier alpha value is -1.55. The molecule has 1 amide bonds. The van der Waals surface area contributed by atoms with Crippen LogP contribution in [0.2, 0.25) is 0 Å². The van der Waals surface area contributed by atoms with Crippen LogP contribution in [0.3, 0.4) is 0 Å². The van der Waals surface area contributed by atoms with Crippen molar-refractivity contribution in [2.75, 3.05) is 0 Å². The SMILES string of the molecule is CC(C)(C)OC(=O)NN.c1ccccc1. The first-order valence-corrected chi connectivity index (χ1v) is 4.65. The molecule has 0 radical (unpaired) electrons. The van der Waals surface area contributed by atoms with Gasteiger partial charge in [-0.05, 0) is 20.8 Å². The van der Waals surface area contributed by atoms with Crippen LogP contribution in [0.5, 0.6) is 0 Å². The van der Waals surface area contributed by atoms with Crippen molar-refractivity contribution in [3.8, 4) is 0 Å². The summed E-state index contributed by atoms with van der Waals surface area (Å²) in [5.41, 5.74) is 1.39. The summed E-state index contributed by atoms with van der Waals surface area (Å²) in [5.74, 6) is 4.75. The third-order valence-electron chi connectivity index (χ3n) is 1.18. The predicted molar refractivity (Wildman–Crippen MR) is 60.0 cm³/mol. The van der Waals surface area contributed by atoms with E-state index in [0.717, 1.165) is 0 Å². The maximum atomic E-state index is 10.4. The van der Waals surface area contributed by atoms with Crippen molar-refractivity contribution in [3.05, 3.63) is 36.4 Å². The minimum atomic E-state index is -0.609. The Balaban J connectivity index is 0.000000280. The zero-order valence-electron chi connectivity index (χ0n) is 9.36. The maximum Gasteiger partial charge on any atom is 0.421 e. The molecule has 0 aliphatic rings. The van der Waals surface area contributed by atoms with Crippen LogP contribution >= 0.6 is 0 Å². The summed E-state index contributed by atoms with van der Waals surface area (Å²) in [6.07, 6.45) is -0.609. The quantitative estimate of drug-likeness (QED) is 0.391. The number of amides is 1. The van der Waals surface area contributed by atoms with Crippen molar-refractivity contribution in [2.45, 2.75) is 26.4 Å². The minimum absolute atomic E-state index is 0.469. The van der Waals surface area contributed by atoms with Crippen LogP contribution < -0.4 is 11.3 Å². The lowest BCUT2D eigenvalue weighted by atomic mass is 10.2. The van der Waals surface area contributed by atoms with Gasteiger partial charge >= 0.3 is 6.09 Å². The van der Waals surface area contributed by atoms with Gasteiger partial charge in [0.2, 0.25) is 0 Å². The van der Waals surface area contributed by atoms with Crippen LogP contribution in [0, 0.1) is 0 Å². The third-order valence-corrected chi connectivity index (χ3v) is 1.18. The van der Waals surface area contributed by atoms with Gasteiger partial charge in [-0.25, -0.2) is 10.6 Å². The molecule has 3 N–H and O–H groups in total. The normalized spacial score (nSPS) is 9.60. The lowest BCUT2D eigenvalue weighted by Gasteiger charge is -2.18. The van der Waals surface area contributed by atoms with Crippen LogP contribution in [-0.4, -0.2) is 11.7 Å². The van der Waals surface area contributed by atoms with E-state index >= 15 is 0 Å². The van der Waals surface area contributed by atoms with E-state index in [2.05, 4.69) is 0 Å². The molecule has 15 heavy (non-hydrogen) atoms. The van der Waals surface area contributed by atoms with Gasteiger partial charge in [-0.15, -0.1) is 0 Å². The summed E-state index contributed by atoms with van der Waals surface area (Å²) in [6, 6.07) is 12.0. The smallest absolute Gasteiger partial charge is 0.421 e. The molecule has 0 saturated carbocycles. The van der Waals surface area contributed by atoms with Crippen molar-refractivity contribution in [1.29, 1.82) is 0 Å². The van der Waals surface area contributed by atoms with E-state index in [0.29, 0.717) is 0 Å². The van der Waals surface area contributed by atoms with Gasteiger partial charge in [0.15, 0.2) is 0 Å². The summed E-state index contributed by atoms with van der Waals surface area (Å²) in [7, 11) is 0. The maximum absolute atomic E-state index is 10.4. The molecule has 0 heterocycles. The van der Waals surface area contributed by atoms with Crippen molar-refractivity contribution in [3.63, 3.8) is 0 Å². The molecule has 1 aromatic carbocycles. The average Bonchev–Trinajstić information content (AvgIpc) is 2.19. The van der Waals surface area contributed by atoms with Crippen molar-refractivity contribution >= 4 is 6.09 Å². The van der Waals surface area contributed by atoms with Crippen LogP contribution in [0.1, 0.15) is 20.8 Å². The van der Waals surface area contributed by atoms with E-state index in [4.69, 9.17) is 10.6 Å². The minimum Gasteiger partial charge on any atom is -0.443 e. The predicted octanol–water partition coefficient (Wildman–Crippen LogP) is 2.07. The second-order valence-electron chi connectivity index (χ2n) is 3.80. The Labute approximate surface area is 90.4 Å². The standard InChI is InChI=1S/C6H6.C5H12N2O2/c1-2-4-6-5-3-1;1-5(2,3)9-4(8)7-6/h1-6H;6H2,1-3H3,(H,7,8). The number of benzene rings is 1. The van der Waals surface area contributed by atoms with Crippen molar-refractivity contribution in [1.82, 2.24) is 5.43 Å². The second kappa shape index (κ2) is 6.84. The molecule has 1 rings (SSSR count). The molecule has 1 aromatic rings. The molecule has 0 aliphatic carbocycles. The van der Waals surface area contributed by atoms with Gasteiger partial charge in [-0.1, -0.05) is 36.4 Å². The van der Waals surface area contributed by atoms with E-state index in [1.54, 1.807) is 20.8 Å². The van der Waals surface area contributed by atoms with Crippen LogP contribution in [-0.2, 0) is 4.74 Å². The molecule has 0 bridgehead atoms. The number of carbonyl (C=O) groups excluding carboxylic acids is 1. The number of nitrogens with one attached hydrogen (secondary N) is 1. The summed E-state index contributed by atoms with van der Waals surface area (Å²) in [4.78, 5) is 10.4. The Morgan fingerprint density at radius 1 is 1.07 bits per heavy atom.